The number of nitrogens with zero attached hydrogens (tertiary/aromatic N) is 1. The van der Waals surface area contributed by atoms with E-state index in [2.05, 4.69) is 9.51 Å². The minimum absolute atomic E-state index is 0.186. The molecule has 1 fully saturated rings. The molecule has 0 radical (unpaired) electrons. The first-order chi connectivity index (χ1) is 9.69. The van der Waals surface area contributed by atoms with Crippen molar-refractivity contribution in [3.63, 3.8) is 0 Å². The molecule has 2 unspecified atom stereocenters. The van der Waals surface area contributed by atoms with Crippen LogP contribution in [0.4, 0.5) is 0 Å². The Hall–Kier alpha value is -0.910. The van der Waals surface area contributed by atoms with E-state index < -0.39 is 44.7 Å². The number of aliphatic hydroxyl groups is 2. The van der Waals surface area contributed by atoms with Crippen LogP contribution in [-0.2, 0) is 13.8 Å². The summed E-state index contributed by atoms with van der Waals surface area (Å²) in [5.74, 6) is 0. The zero-order chi connectivity index (χ0) is 15.8. The van der Waals surface area contributed by atoms with E-state index in [1.165, 1.54) is 12.3 Å². The number of aliphatic hydroxyl groups excluding tert-OH is 2. The lowest BCUT2D eigenvalue weighted by molar-refractivity contribution is -0.0542. The lowest BCUT2D eigenvalue weighted by atomic mass is 10.1. The fourth-order valence-corrected chi connectivity index (χ4v) is 2.38. The first-order valence-corrected chi connectivity index (χ1v) is 7.66. The summed E-state index contributed by atoms with van der Waals surface area (Å²) in [4.78, 5) is 31.2. The lowest BCUT2D eigenvalue weighted by Gasteiger charge is -2.16. The van der Waals surface area contributed by atoms with Crippen molar-refractivity contribution >= 4 is 20.0 Å². The quantitative estimate of drug-likeness (QED) is 0.330. The molecule has 21 heavy (non-hydrogen) atoms. The van der Waals surface area contributed by atoms with Crippen molar-refractivity contribution in [3.8, 4) is 0 Å². The van der Waals surface area contributed by atoms with Crippen LogP contribution in [0, 0.1) is 4.64 Å². The molecule has 4 atom stereocenters. The highest BCUT2D eigenvalue weighted by Crippen LogP contribution is 2.38. The predicted octanol–water partition coefficient (Wildman–Crippen LogP) is -1.37. The number of H-pyrrole nitrogens is 1. The molecule has 1 saturated heterocycles. The van der Waals surface area contributed by atoms with Gasteiger partial charge in [-0.2, -0.15) is 0 Å². The highest BCUT2D eigenvalue weighted by atomic mass is 32.1. The second-order valence-corrected chi connectivity index (χ2v) is 6.03. The molecule has 0 aromatic carbocycles. The average molecular weight is 340 g/mol. The largest absolute Gasteiger partial charge is 0.469 e. The molecule has 0 spiro atoms. The zero-order valence-electron chi connectivity index (χ0n) is 10.4. The predicted molar refractivity (Wildman–Crippen MR) is 69.8 cm³/mol. The van der Waals surface area contributed by atoms with Crippen molar-refractivity contribution in [1.29, 1.82) is 0 Å². The molecule has 0 aliphatic carbocycles. The topological polar surface area (TPSA) is 154 Å². The van der Waals surface area contributed by atoms with Gasteiger partial charge in [0.05, 0.1) is 6.61 Å². The summed E-state index contributed by atoms with van der Waals surface area (Å²) in [6.07, 6.45) is -4.11. The Morgan fingerprint density at radius 3 is 2.67 bits per heavy atom. The molecule has 1 aromatic rings. The van der Waals surface area contributed by atoms with Gasteiger partial charge in [0.15, 0.2) is 6.23 Å². The van der Waals surface area contributed by atoms with Gasteiger partial charge in [0, 0.05) is 6.20 Å². The van der Waals surface area contributed by atoms with Crippen LogP contribution in [0.25, 0.3) is 0 Å². The van der Waals surface area contributed by atoms with E-state index in [0.717, 1.165) is 4.57 Å². The number of phosphoric acid groups is 1. The monoisotopic (exact) mass is 340 g/mol. The molecule has 2 rings (SSSR count). The molecule has 5 N–H and O–H groups in total. The van der Waals surface area contributed by atoms with Crippen molar-refractivity contribution in [1.82, 2.24) is 9.55 Å². The summed E-state index contributed by atoms with van der Waals surface area (Å²) < 4.78 is 21.2. The average Bonchev–Trinajstić information content (AvgIpc) is 2.64. The smallest absolute Gasteiger partial charge is 0.387 e. The summed E-state index contributed by atoms with van der Waals surface area (Å²) in [7, 11) is -4.73. The number of nitrogens with one attached hydrogen (secondary N) is 1. The van der Waals surface area contributed by atoms with E-state index in [0.29, 0.717) is 0 Å². The Balaban J connectivity index is 2.18. The number of ether oxygens (including phenoxy) is 1. The van der Waals surface area contributed by atoms with Gasteiger partial charge in [-0.05, 0) is 6.07 Å². The molecular weight excluding hydrogens is 327 g/mol. The van der Waals surface area contributed by atoms with Crippen LogP contribution in [-0.4, -0.2) is 54.5 Å². The van der Waals surface area contributed by atoms with E-state index >= 15 is 0 Å². The highest BCUT2D eigenvalue weighted by Gasteiger charge is 2.44. The Kier molecular flexibility index (Phi) is 4.76. The summed E-state index contributed by atoms with van der Waals surface area (Å²) >= 11 is 4.76. The van der Waals surface area contributed by atoms with Gasteiger partial charge in [-0.3, -0.25) is 14.1 Å². The van der Waals surface area contributed by atoms with Crippen molar-refractivity contribution in [2.45, 2.75) is 24.5 Å². The maximum absolute atomic E-state index is 11.7. The molecule has 118 valence electrons. The molecule has 2 heterocycles. The van der Waals surface area contributed by atoms with Crippen LogP contribution in [0.3, 0.4) is 0 Å². The van der Waals surface area contributed by atoms with Gasteiger partial charge >= 0.3 is 13.5 Å². The molecule has 1 aliphatic heterocycles. The van der Waals surface area contributed by atoms with Crippen molar-refractivity contribution in [3.05, 3.63) is 27.4 Å². The fourth-order valence-electron chi connectivity index (χ4n) is 1.89. The van der Waals surface area contributed by atoms with E-state index in [4.69, 9.17) is 26.7 Å². The number of hydrogen-bond acceptors (Lipinski definition) is 7. The Labute approximate surface area is 122 Å². The molecule has 1 aromatic heterocycles. The third kappa shape index (κ3) is 3.84. The minimum atomic E-state index is -4.73. The van der Waals surface area contributed by atoms with Gasteiger partial charge in [-0.15, -0.1) is 0 Å². The molecule has 12 heteroatoms. The summed E-state index contributed by atoms with van der Waals surface area (Å²) in [6.45, 7) is -0.642. The molecule has 1 aliphatic rings. The second-order valence-electron chi connectivity index (χ2n) is 4.35. The van der Waals surface area contributed by atoms with Gasteiger partial charge in [0.1, 0.15) is 23.0 Å². The first kappa shape index (κ1) is 16.5. The van der Waals surface area contributed by atoms with Crippen molar-refractivity contribution in [2.75, 3.05) is 6.61 Å². The normalized spacial score (nSPS) is 29.7. The van der Waals surface area contributed by atoms with Crippen LogP contribution >= 0.6 is 20.0 Å². The third-order valence-corrected chi connectivity index (χ3v) is 3.59. The van der Waals surface area contributed by atoms with Gasteiger partial charge in [-0.25, -0.2) is 9.36 Å². The zero-order valence-corrected chi connectivity index (χ0v) is 12.1. The van der Waals surface area contributed by atoms with Crippen LogP contribution < -0.4 is 5.69 Å². The first-order valence-electron chi connectivity index (χ1n) is 5.72. The Bertz CT molecular complexity index is 668. The van der Waals surface area contributed by atoms with E-state index in [9.17, 15) is 19.6 Å². The Morgan fingerprint density at radius 1 is 1.43 bits per heavy atom. The standard InChI is InChI=1S/C9H13N2O8PS/c12-6-4(3-18-20(15,16)17)19-8(7(6)13)11-2-1-5(21)10-9(11)14/h1-2,4,6-8,12-13H,3H2,(H,10,14,21)(H2,15,16,17)/t4-,6?,7?,8-/m0/s1. The SMILES string of the molecule is O=c1[nH]c(=S)ccn1[C@H]1O[C@@H](COP(=O)(O)O)C(O)C1O. The summed E-state index contributed by atoms with van der Waals surface area (Å²) in [6, 6.07) is 1.39. The summed E-state index contributed by atoms with van der Waals surface area (Å²) in [5, 5.41) is 19.7. The summed E-state index contributed by atoms with van der Waals surface area (Å²) in [5.41, 5.74) is -0.657. The van der Waals surface area contributed by atoms with Crippen LogP contribution in [0.5, 0.6) is 0 Å². The van der Waals surface area contributed by atoms with Gasteiger partial charge in [-0.1, -0.05) is 12.2 Å². The second kappa shape index (κ2) is 6.07. The van der Waals surface area contributed by atoms with E-state index in [-0.39, 0.29) is 4.64 Å². The lowest BCUT2D eigenvalue weighted by Crippen LogP contribution is -2.36. The molecule has 10 nitrogen and oxygen atoms in total. The van der Waals surface area contributed by atoms with Crippen molar-refractivity contribution < 1.29 is 33.8 Å². The van der Waals surface area contributed by atoms with Gasteiger partial charge in [0.25, 0.3) is 0 Å². The third-order valence-electron chi connectivity index (χ3n) is 2.87. The Morgan fingerprint density at radius 2 is 2.10 bits per heavy atom. The van der Waals surface area contributed by atoms with Crippen LogP contribution in [0.2, 0.25) is 0 Å². The fraction of sp³-hybridized carbons (Fsp3) is 0.556. The highest BCUT2D eigenvalue weighted by molar-refractivity contribution is 7.71. The maximum atomic E-state index is 11.7. The van der Waals surface area contributed by atoms with Crippen molar-refractivity contribution in [2.24, 2.45) is 0 Å². The molecular formula is C9H13N2O8PS. The van der Waals surface area contributed by atoms with E-state index in [1.807, 2.05) is 0 Å². The number of aromatic amines is 1. The number of aromatic nitrogens is 2. The molecule has 0 amide bonds. The molecule has 0 bridgehead atoms. The number of rotatable bonds is 4. The van der Waals surface area contributed by atoms with Crippen LogP contribution in [0.1, 0.15) is 6.23 Å². The van der Waals surface area contributed by atoms with Gasteiger partial charge < -0.3 is 24.7 Å². The van der Waals surface area contributed by atoms with Crippen LogP contribution in [0.15, 0.2) is 17.1 Å². The number of hydrogen-bond donors (Lipinski definition) is 5. The maximum Gasteiger partial charge on any atom is 0.469 e. The number of phosphoric ester groups is 1. The minimum Gasteiger partial charge on any atom is -0.387 e. The van der Waals surface area contributed by atoms with Gasteiger partial charge in [0.2, 0.25) is 0 Å². The molecule has 0 saturated carbocycles. The van der Waals surface area contributed by atoms with E-state index in [1.54, 1.807) is 0 Å².